The minimum atomic E-state index is -0.113. The predicted molar refractivity (Wildman–Crippen MR) is 88.9 cm³/mol. The largest absolute Gasteiger partial charge is 0.491 e. The maximum atomic E-state index is 9.63. The summed E-state index contributed by atoms with van der Waals surface area (Å²) in [5, 5.41) is 13.6. The molecule has 0 atom stereocenters. The molecule has 20 heavy (non-hydrogen) atoms. The van der Waals surface area contributed by atoms with Gasteiger partial charge < -0.3 is 15.2 Å². The number of benzene rings is 1. The molecule has 0 spiro atoms. The number of hydrogen-bond acceptors (Lipinski definition) is 3. The molecule has 114 valence electrons. The molecule has 1 aromatic rings. The van der Waals surface area contributed by atoms with E-state index in [4.69, 9.17) is 16.3 Å². The Morgan fingerprint density at radius 3 is 2.45 bits per heavy atom. The van der Waals surface area contributed by atoms with E-state index in [0.29, 0.717) is 18.2 Å². The summed E-state index contributed by atoms with van der Waals surface area (Å²) in [5.74, 6) is 0.760. The number of halogens is 2. The Morgan fingerprint density at radius 1 is 1.30 bits per heavy atom. The van der Waals surface area contributed by atoms with Gasteiger partial charge in [-0.05, 0) is 47.8 Å². The van der Waals surface area contributed by atoms with Crippen molar-refractivity contribution in [2.75, 3.05) is 25.1 Å². The Labute approximate surface area is 134 Å². The van der Waals surface area contributed by atoms with Crippen molar-refractivity contribution in [1.29, 1.82) is 0 Å². The molecule has 0 amide bonds. The van der Waals surface area contributed by atoms with Crippen molar-refractivity contribution in [1.82, 2.24) is 0 Å². The van der Waals surface area contributed by atoms with Crippen LogP contribution in [0.3, 0.4) is 0 Å². The monoisotopic (exact) mass is 363 g/mol. The van der Waals surface area contributed by atoms with Crippen LogP contribution in [-0.2, 0) is 0 Å². The van der Waals surface area contributed by atoms with Gasteiger partial charge in [0.1, 0.15) is 0 Å². The van der Waals surface area contributed by atoms with Gasteiger partial charge in [0.25, 0.3) is 0 Å². The molecule has 0 bridgehead atoms. The Kier molecular flexibility index (Phi) is 7.13. The molecular formula is C15H23BrClNO2. The van der Waals surface area contributed by atoms with E-state index in [2.05, 4.69) is 35.1 Å². The first-order valence-electron chi connectivity index (χ1n) is 6.98. The van der Waals surface area contributed by atoms with E-state index in [0.717, 1.165) is 28.8 Å². The third kappa shape index (κ3) is 4.27. The van der Waals surface area contributed by atoms with Crippen LogP contribution in [0.15, 0.2) is 16.6 Å². The SMILES string of the molecule is CCOc1c(Br)cc(Cl)cc1NCC(CC)(CC)CO. The molecule has 1 rings (SSSR count). The fraction of sp³-hybridized carbons (Fsp3) is 0.600. The van der Waals surface area contributed by atoms with Crippen molar-refractivity contribution < 1.29 is 9.84 Å². The van der Waals surface area contributed by atoms with Crippen LogP contribution in [0, 0.1) is 5.41 Å². The van der Waals surface area contributed by atoms with Crippen LogP contribution in [0.4, 0.5) is 5.69 Å². The number of anilines is 1. The molecule has 0 saturated heterocycles. The molecule has 0 fully saturated rings. The second kappa shape index (κ2) is 8.11. The van der Waals surface area contributed by atoms with E-state index in [1.54, 1.807) is 0 Å². The summed E-state index contributed by atoms with van der Waals surface area (Å²) in [4.78, 5) is 0. The first-order chi connectivity index (χ1) is 9.51. The number of aliphatic hydroxyl groups excluding tert-OH is 1. The predicted octanol–water partition coefficient (Wildman–Crippen LogP) is 4.71. The van der Waals surface area contributed by atoms with E-state index < -0.39 is 0 Å². The molecule has 0 heterocycles. The second-order valence-electron chi connectivity index (χ2n) is 4.92. The first-order valence-corrected chi connectivity index (χ1v) is 8.15. The van der Waals surface area contributed by atoms with E-state index in [1.807, 2.05) is 19.1 Å². The lowest BCUT2D eigenvalue weighted by Crippen LogP contribution is -2.32. The maximum absolute atomic E-state index is 9.63. The van der Waals surface area contributed by atoms with E-state index in [1.165, 1.54) is 0 Å². The summed E-state index contributed by atoms with van der Waals surface area (Å²) in [6.45, 7) is 7.57. The lowest BCUT2D eigenvalue weighted by Gasteiger charge is -2.30. The highest BCUT2D eigenvalue weighted by molar-refractivity contribution is 9.10. The number of rotatable bonds is 8. The van der Waals surface area contributed by atoms with Gasteiger partial charge in [-0.1, -0.05) is 25.4 Å². The van der Waals surface area contributed by atoms with Crippen molar-refractivity contribution in [2.24, 2.45) is 5.41 Å². The number of ether oxygens (including phenoxy) is 1. The molecule has 1 aromatic carbocycles. The van der Waals surface area contributed by atoms with Gasteiger partial charge in [0.05, 0.1) is 23.4 Å². The van der Waals surface area contributed by atoms with E-state index in [-0.39, 0.29) is 12.0 Å². The quantitative estimate of drug-likeness (QED) is 0.702. The smallest absolute Gasteiger partial charge is 0.156 e. The second-order valence-corrected chi connectivity index (χ2v) is 6.21. The summed E-state index contributed by atoms with van der Waals surface area (Å²) in [6.07, 6.45) is 1.83. The average molecular weight is 365 g/mol. The van der Waals surface area contributed by atoms with E-state index >= 15 is 0 Å². The number of hydrogen-bond donors (Lipinski definition) is 2. The summed E-state index contributed by atoms with van der Waals surface area (Å²) < 4.78 is 6.49. The fourth-order valence-corrected chi connectivity index (χ4v) is 2.97. The molecular weight excluding hydrogens is 342 g/mol. The Bertz CT molecular complexity index is 428. The van der Waals surface area contributed by atoms with Gasteiger partial charge in [0.2, 0.25) is 0 Å². The summed E-state index contributed by atoms with van der Waals surface area (Å²) in [5.41, 5.74) is 0.740. The van der Waals surface area contributed by atoms with Crippen molar-refractivity contribution >= 4 is 33.2 Å². The van der Waals surface area contributed by atoms with Gasteiger partial charge in [0.15, 0.2) is 5.75 Å². The zero-order chi connectivity index (χ0) is 15.2. The number of nitrogens with one attached hydrogen (secondary N) is 1. The zero-order valence-electron chi connectivity index (χ0n) is 12.3. The first kappa shape index (κ1) is 17.6. The van der Waals surface area contributed by atoms with Crippen LogP contribution in [0.5, 0.6) is 5.75 Å². The molecule has 5 heteroatoms. The summed E-state index contributed by atoms with van der Waals surface area (Å²) >= 11 is 9.57. The highest BCUT2D eigenvalue weighted by Gasteiger charge is 2.25. The van der Waals surface area contributed by atoms with Crippen molar-refractivity contribution in [3.05, 3.63) is 21.6 Å². The molecule has 0 aliphatic heterocycles. The molecule has 0 aromatic heterocycles. The fourth-order valence-electron chi connectivity index (χ4n) is 2.04. The van der Waals surface area contributed by atoms with Crippen LogP contribution >= 0.6 is 27.5 Å². The lowest BCUT2D eigenvalue weighted by molar-refractivity contribution is 0.127. The van der Waals surface area contributed by atoms with Gasteiger partial charge in [-0.2, -0.15) is 0 Å². The molecule has 0 aliphatic carbocycles. The number of aliphatic hydroxyl groups is 1. The minimum absolute atomic E-state index is 0.113. The minimum Gasteiger partial charge on any atom is -0.491 e. The summed E-state index contributed by atoms with van der Waals surface area (Å²) in [6, 6.07) is 3.67. The van der Waals surface area contributed by atoms with Crippen LogP contribution in [0.1, 0.15) is 33.6 Å². The van der Waals surface area contributed by atoms with E-state index in [9.17, 15) is 5.11 Å². The van der Waals surface area contributed by atoms with Crippen molar-refractivity contribution in [3.8, 4) is 5.75 Å². The van der Waals surface area contributed by atoms with Crippen molar-refractivity contribution in [2.45, 2.75) is 33.6 Å². The van der Waals surface area contributed by atoms with Crippen molar-refractivity contribution in [3.63, 3.8) is 0 Å². The molecule has 0 radical (unpaired) electrons. The average Bonchev–Trinajstić information content (AvgIpc) is 2.44. The zero-order valence-corrected chi connectivity index (χ0v) is 14.6. The highest BCUT2D eigenvalue weighted by Crippen LogP contribution is 2.37. The third-order valence-electron chi connectivity index (χ3n) is 3.79. The Hall–Kier alpha value is -0.450. The summed E-state index contributed by atoms with van der Waals surface area (Å²) in [7, 11) is 0. The van der Waals surface area contributed by atoms with Gasteiger partial charge in [-0.15, -0.1) is 0 Å². The van der Waals surface area contributed by atoms with Gasteiger partial charge in [-0.3, -0.25) is 0 Å². The van der Waals surface area contributed by atoms with Crippen LogP contribution in [0.25, 0.3) is 0 Å². The molecule has 0 aliphatic rings. The Balaban J connectivity index is 2.96. The molecule has 3 nitrogen and oxygen atoms in total. The molecule has 0 saturated carbocycles. The highest BCUT2D eigenvalue weighted by atomic mass is 79.9. The van der Waals surface area contributed by atoms with Gasteiger partial charge in [0, 0.05) is 17.0 Å². The normalized spacial score (nSPS) is 11.5. The topological polar surface area (TPSA) is 41.5 Å². The third-order valence-corrected chi connectivity index (χ3v) is 4.59. The van der Waals surface area contributed by atoms with Crippen LogP contribution in [0.2, 0.25) is 5.02 Å². The maximum Gasteiger partial charge on any atom is 0.156 e. The van der Waals surface area contributed by atoms with Gasteiger partial charge in [-0.25, -0.2) is 0 Å². The lowest BCUT2D eigenvalue weighted by atomic mass is 9.83. The standard InChI is InChI=1S/C15H23BrClNO2/c1-4-15(5-2,10-19)9-18-13-8-11(17)7-12(16)14(13)20-6-3/h7-8,18-19H,4-6,9-10H2,1-3H3. The molecule has 2 N–H and O–H groups in total. The van der Waals surface area contributed by atoms with Crippen LogP contribution in [-0.4, -0.2) is 24.9 Å². The Morgan fingerprint density at radius 2 is 1.95 bits per heavy atom. The van der Waals surface area contributed by atoms with Gasteiger partial charge >= 0.3 is 0 Å². The molecule has 0 unspecified atom stereocenters. The van der Waals surface area contributed by atoms with Crippen LogP contribution < -0.4 is 10.1 Å².